The van der Waals surface area contributed by atoms with Crippen LogP contribution in [0.3, 0.4) is 0 Å². The molecule has 0 atom stereocenters. The molecule has 0 heterocycles. The van der Waals surface area contributed by atoms with E-state index in [4.69, 9.17) is 89.4 Å². The molecule has 84 heavy (non-hydrogen) atoms. The summed E-state index contributed by atoms with van der Waals surface area (Å²) in [5.74, 6) is -9.45. The maximum absolute atomic E-state index is 11.4. The summed E-state index contributed by atoms with van der Waals surface area (Å²) in [5, 5.41) is 145. The van der Waals surface area contributed by atoms with E-state index >= 15 is 0 Å². The van der Waals surface area contributed by atoms with Crippen LogP contribution in [0.2, 0.25) is 0 Å². The molecule has 0 aliphatic heterocycles. The van der Waals surface area contributed by atoms with Crippen molar-refractivity contribution >= 4 is 84.7 Å². The van der Waals surface area contributed by atoms with Crippen molar-refractivity contribution in [2.45, 2.75) is 55.4 Å². The molecule has 0 bridgehead atoms. The van der Waals surface area contributed by atoms with Crippen molar-refractivity contribution in [2.24, 2.45) is 20.4 Å². The summed E-state index contributed by atoms with van der Waals surface area (Å²) in [6.45, 7) is 7.78. The van der Waals surface area contributed by atoms with Crippen LogP contribution in [0.4, 0.5) is 9.59 Å². The molecule has 4 aromatic rings. The molecule has 0 unspecified atom stereocenters. The number of rotatable bonds is 8. The summed E-state index contributed by atoms with van der Waals surface area (Å²) in [7, 11) is 2.00. The number of hydrogen-bond donors (Lipinski definition) is 6. The van der Waals surface area contributed by atoms with Gasteiger partial charge in [-0.2, -0.15) is 20.4 Å². The number of nitrogens with one attached hydrogen (secondary N) is 4. The minimum Gasteiger partial charge on any atom is -0.872 e. The molecule has 0 saturated heterocycles. The Morgan fingerprint density at radius 3 is 0.512 bits per heavy atom. The fourth-order valence-corrected chi connectivity index (χ4v) is 3.04. The van der Waals surface area contributed by atoms with Gasteiger partial charge in [0, 0.05) is 62.0 Å². The molecule has 6 N–H and O–H groups in total. The number of urea groups is 2. The SMILES string of the molecule is CC(=O)[O-].CC(=O)[O-].CC(=O)[O-].CC(=O)[O-].CC(=O)[O-].CC(=O)[O-].CC(=O)[O-].CC(=O)[O-].CO.CO.O=C(N/N=C/c1ccccc1[O-])N/N=C/c1ccccc1[O-].O=C(N/N=C/c1ccccc1[O-])N/N=C/c1ccccc1[O-].[Y+3].[Y+3].[Y+3].[Y+3]. The summed E-state index contributed by atoms with van der Waals surface area (Å²) >= 11 is 0. The van der Waals surface area contributed by atoms with Crippen LogP contribution in [-0.4, -0.2) is 109 Å². The number of aliphatic hydroxyl groups excluding tert-OH is 2. The number of carboxylic acids is 8. The maximum Gasteiger partial charge on any atom is 3.00 e. The zero-order chi connectivity index (χ0) is 64.2. The zero-order valence-electron chi connectivity index (χ0n) is 46.5. The van der Waals surface area contributed by atoms with Gasteiger partial charge in [-0.3, -0.25) is 0 Å². The minimum atomic E-state index is -1.08. The molecule has 0 aliphatic rings. The Bertz CT molecular complexity index is 2130. The number of hydrogen-bond acceptors (Lipinski definition) is 28. The average Bonchev–Trinajstić information content (AvgIpc) is 3.32. The van der Waals surface area contributed by atoms with E-state index in [1.165, 1.54) is 49.1 Å². The number of aliphatic hydroxyl groups is 2. The van der Waals surface area contributed by atoms with Crippen molar-refractivity contribution in [3.05, 3.63) is 119 Å². The summed E-state index contributed by atoms with van der Waals surface area (Å²) in [5.41, 5.74) is 10.0. The van der Waals surface area contributed by atoms with Crippen LogP contribution in [0, 0.1) is 0 Å². The van der Waals surface area contributed by atoms with Gasteiger partial charge in [0.15, 0.2) is 0 Å². The average molecular weight is 1480 g/mol. The molecule has 36 heteroatoms. The number of aliphatic carboxylic acids is 8. The van der Waals surface area contributed by atoms with E-state index in [0.29, 0.717) is 22.3 Å². The number of para-hydroxylation sites is 4. The normalized spacial score (nSPS) is 8.24. The molecular formula is C48H56N8O24Y4. The summed E-state index contributed by atoms with van der Waals surface area (Å²) < 4.78 is 0. The van der Waals surface area contributed by atoms with E-state index < -0.39 is 59.8 Å². The smallest absolute Gasteiger partial charge is 0.872 e. The quantitative estimate of drug-likeness (QED) is 0.0705. The van der Waals surface area contributed by atoms with Crippen molar-refractivity contribution < 1.29 is 250 Å². The first-order valence-corrected chi connectivity index (χ1v) is 20.8. The predicted octanol–water partition coefficient (Wildman–Crippen LogP) is -9.74. The molecule has 32 nitrogen and oxygen atoms in total. The van der Waals surface area contributed by atoms with Crippen LogP contribution in [0.1, 0.15) is 77.6 Å². The van der Waals surface area contributed by atoms with Crippen LogP contribution >= 0.6 is 0 Å². The second kappa shape index (κ2) is 76.4. The molecule has 0 saturated carbocycles. The number of amides is 4. The Kier molecular flexibility index (Phi) is 96.1. The molecular weight excluding hydrogens is 1430 g/mol. The van der Waals surface area contributed by atoms with E-state index in [-0.39, 0.29) is 154 Å². The number of carboxylic acid groups (broad SMARTS) is 8. The standard InChI is InChI=1S/2C15H14N4O3.8C2H4O2.2CH4O.4Y/c2*20-13-7-3-1-5-11(13)9-16-18-15(22)19-17-10-12-6-2-4-8-14(12)21;8*1-2(3)4;2*1-2;;;;/h2*1-10,20-21H,(H2,18,19,22);8*1H3,(H,3,4);2*2H,1H3;;;;/q;;;;;;;;;;;;4*+3/p-12/b2*16-9+,17-10+;;;;;;;;;;;;;;. The fourth-order valence-electron chi connectivity index (χ4n) is 3.04. The molecule has 444 valence electrons. The molecule has 4 rings (SSSR count). The first-order chi connectivity index (χ1) is 37.2. The number of carbonyl (C=O) groups excluding carboxylic acids is 10. The Morgan fingerprint density at radius 2 is 0.405 bits per heavy atom. The van der Waals surface area contributed by atoms with E-state index in [9.17, 15) is 30.0 Å². The van der Waals surface area contributed by atoms with Gasteiger partial charge in [0.1, 0.15) is 0 Å². The van der Waals surface area contributed by atoms with Crippen LogP contribution < -0.4 is 83.0 Å². The van der Waals surface area contributed by atoms with E-state index in [2.05, 4.69) is 42.1 Å². The van der Waals surface area contributed by atoms with Gasteiger partial charge >= 0.3 is 143 Å². The number of hydrazone groups is 4. The first kappa shape index (κ1) is 106. The third-order valence-corrected chi connectivity index (χ3v) is 5.15. The molecule has 0 fully saturated rings. The third kappa shape index (κ3) is 111. The Labute approximate surface area is 582 Å². The second-order valence-corrected chi connectivity index (χ2v) is 12.2. The largest absolute Gasteiger partial charge is 3.00 e. The molecule has 0 aromatic heterocycles. The van der Waals surface area contributed by atoms with Gasteiger partial charge in [0.05, 0.1) is 24.9 Å². The van der Waals surface area contributed by atoms with E-state index in [0.717, 1.165) is 69.6 Å². The van der Waals surface area contributed by atoms with Gasteiger partial charge in [-0.15, -0.1) is 0 Å². The van der Waals surface area contributed by atoms with Crippen LogP contribution in [-0.2, 0) is 169 Å². The Balaban J connectivity index is -0.0000000768. The first-order valence-electron chi connectivity index (χ1n) is 20.8. The van der Waals surface area contributed by atoms with E-state index in [1.807, 2.05) is 0 Å². The molecule has 0 aliphatic carbocycles. The van der Waals surface area contributed by atoms with Crippen molar-refractivity contribution in [1.82, 2.24) is 21.7 Å². The van der Waals surface area contributed by atoms with Crippen molar-refractivity contribution in [1.29, 1.82) is 0 Å². The zero-order valence-corrected chi connectivity index (χ0v) is 57.9. The van der Waals surface area contributed by atoms with E-state index in [1.54, 1.807) is 72.8 Å². The summed E-state index contributed by atoms with van der Waals surface area (Å²) in [6.07, 6.45) is 4.94. The van der Waals surface area contributed by atoms with Gasteiger partial charge in [0.25, 0.3) is 0 Å². The van der Waals surface area contributed by atoms with Gasteiger partial charge in [-0.25, -0.2) is 31.3 Å². The molecule has 4 amide bonds. The van der Waals surface area contributed by atoms with Gasteiger partial charge in [-0.1, -0.05) is 120 Å². The number of benzene rings is 4. The van der Waals surface area contributed by atoms with Crippen LogP contribution in [0.5, 0.6) is 23.0 Å². The monoisotopic (exact) mass is 1480 g/mol. The van der Waals surface area contributed by atoms with Gasteiger partial charge in [0.2, 0.25) is 0 Å². The molecule has 0 radical (unpaired) electrons. The summed E-state index contributed by atoms with van der Waals surface area (Å²) in [4.78, 5) is 93.9. The van der Waals surface area contributed by atoms with Crippen molar-refractivity contribution in [3.8, 4) is 23.0 Å². The van der Waals surface area contributed by atoms with Gasteiger partial charge in [-0.05, 0) is 77.6 Å². The third-order valence-electron chi connectivity index (χ3n) is 5.15. The fraction of sp³-hybridized carbons (Fsp3) is 0.208. The predicted molar refractivity (Wildman–Crippen MR) is 259 cm³/mol. The minimum absolute atomic E-state index is 0. The summed E-state index contributed by atoms with van der Waals surface area (Å²) in [6, 6.07) is 23.7. The maximum atomic E-state index is 11.4. The Hall–Kier alpha value is -6.60. The van der Waals surface area contributed by atoms with Crippen molar-refractivity contribution in [3.63, 3.8) is 0 Å². The molecule has 0 spiro atoms. The van der Waals surface area contributed by atoms with Gasteiger partial charge < -0.3 is 110 Å². The van der Waals surface area contributed by atoms with Crippen LogP contribution in [0.15, 0.2) is 117 Å². The van der Waals surface area contributed by atoms with Crippen molar-refractivity contribution in [2.75, 3.05) is 14.2 Å². The topological polar surface area (TPSA) is 585 Å². The number of carbonyl (C=O) groups is 10. The second-order valence-electron chi connectivity index (χ2n) is 12.2. The molecule has 4 aromatic carbocycles. The van der Waals surface area contributed by atoms with Crippen LogP contribution in [0.25, 0.3) is 0 Å². The Morgan fingerprint density at radius 1 is 0.298 bits per heavy atom. The number of nitrogens with zero attached hydrogens (tertiary/aromatic N) is 4.